The van der Waals surface area contributed by atoms with Crippen LogP contribution in [0.4, 0.5) is 4.39 Å². The Labute approximate surface area is 144 Å². The number of methoxy groups -OCH3 is 1. The first-order valence-electron chi connectivity index (χ1n) is 7.67. The number of amides is 1. The minimum atomic E-state index is -0.332. The highest BCUT2D eigenvalue weighted by Crippen LogP contribution is 2.13. The van der Waals surface area contributed by atoms with Crippen LogP contribution in [-0.4, -0.2) is 28.0 Å². The molecule has 0 aliphatic heterocycles. The molecule has 0 aliphatic rings. The molecule has 0 atom stereocenters. The Morgan fingerprint density at radius 3 is 2.68 bits per heavy atom. The van der Waals surface area contributed by atoms with Crippen molar-refractivity contribution in [2.24, 2.45) is 0 Å². The summed E-state index contributed by atoms with van der Waals surface area (Å²) < 4.78 is 19.9. The maximum atomic E-state index is 13.3. The summed E-state index contributed by atoms with van der Waals surface area (Å²) in [6.45, 7) is 2.03. The number of hydrogen-bond acceptors (Lipinski definition) is 4. The van der Waals surface area contributed by atoms with Gasteiger partial charge in [-0.2, -0.15) is 0 Å². The molecule has 0 spiro atoms. The predicted octanol–water partition coefficient (Wildman–Crippen LogP) is 2.65. The van der Waals surface area contributed by atoms with E-state index in [0.29, 0.717) is 17.8 Å². The van der Waals surface area contributed by atoms with Crippen molar-refractivity contribution < 1.29 is 13.9 Å². The first kappa shape index (κ1) is 16.6. The smallest absolute Gasteiger partial charge is 0.273 e. The van der Waals surface area contributed by atoms with Crippen molar-refractivity contribution in [2.75, 3.05) is 7.11 Å². The van der Waals surface area contributed by atoms with Gasteiger partial charge in [-0.1, -0.05) is 17.3 Å². The van der Waals surface area contributed by atoms with E-state index in [0.717, 1.165) is 11.3 Å². The number of rotatable bonds is 5. The van der Waals surface area contributed by atoms with Gasteiger partial charge in [0.2, 0.25) is 0 Å². The van der Waals surface area contributed by atoms with Crippen LogP contribution in [0.5, 0.6) is 5.75 Å². The minimum Gasteiger partial charge on any atom is -0.497 e. The molecule has 1 amide bonds. The number of aryl methyl sites for hydroxylation is 1. The van der Waals surface area contributed by atoms with Crippen molar-refractivity contribution >= 4 is 5.91 Å². The molecule has 1 N–H and O–H groups in total. The highest BCUT2D eigenvalue weighted by Gasteiger charge is 2.12. The van der Waals surface area contributed by atoms with Gasteiger partial charge in [0, 0.05) is 6.54 Å². The predicted molar refractivity (Wildman–Crippen MR) is 90.2 cm³/mol. The zero-order valence-corrected chi connectivity index (χ0v) is 13.9. The summed E-state index contributed by atoms with van der Waals surface area (Å²) in [4.78, 5) is 12.2. The zero-order chi connectivity index (χ0) is 17.8. The fraction of sp³-hybridized carbons (Fsp3) is 0.167. The van der Waals surface area contributed by atoms with Gasteiger partial charge < -0.3 is 10.1 Å². The number of nitrogens with one attached hydrogen (secondary N) is 1. The third kappa shape index (κ3) is 3.82. The number of benzene rings is 2. The fourth-order valence-corrected chi connectivity index (χ4v) is 2.28. The van der Waals surface area contributed by atoms with E-state index >= 15 is 0 Å². The highest BCUT2D eigenvalue weighted by atomic mass is 19.1. The summed E-state index contributed by atoms with van der Waals surface area (Å²) in [5.74, 6) is 0.134. The van der Waals surface area contributed by atoms with E-state index in [9.17, 15) is 9.18 Å². The Morgan fingerprint density at radius 2 is 2.00 bits per heavy atom. The van der Waals surface area contributed by atoms with E-state index in [1.807, 2.05) is 24.3 Å². The van der Waals surface area contributed by atoms with Crippen molar-refractivity contribution in [1.29, 1.82) is 0 Å². The first-order chi connectivity index (χ1) is 12.1. The summed E-state index contributed by atoms with van der Waals surface area (Å²) in [5, 5.41) is 10.6. The Morgan fingerprint density at radius 1 is 1.24 bits per heavy atom. The molecular formula is C18H17FN4O2. The quantitative estimate of drug-likeness (QED) is 0.775. The minimum absolute atomic E-state index is 0.190. The van der Waals surface area contributed by atoms with Gasteiger partial charge in [0.25, 0.3) is 5.91 Å². The van der Waals surface area contributed by atoms with E-state index in [-0.39, 0.29) is 17.4 Å². The lowest BCUT2D eigenvalue weighted by atomic mass is 10.2. The second-order valence-corrected chi connectivity index (χ2v) is 5.51. The normalized spacial score (nSPS) is 10.5. The Kier molecular flexibility index (Phi) is 4.74. The number of nitrogens with zero attached hydrogens (tertiary/aromatic N) is 3. The molecule has 0 saturated heterocycles. The molecule has 128 valence electrons. The van der Waals surface area contributed by atoms with Gasteiger partial charge in [0.05, 0.1) is 19.0 Å². The molecule has 0 aliphatic carbocycles. The number of halogens is 1. The van der Waals surface area contributed by atoms with Crippen LogP contribution in [0.3, 0.4) is 0 Å². The molecule has 7 heteroatoms. The van der Waals surface area contributed by atoms with E-state index in [2.05, 4.69) is 15.6 Å². The molecule has 6 nitrogen and oxygen atoms in total. The molecule has 3 aromatic rings. The number of carbonyl (C=O) groups excluding carboxylic acids is 1. The van der Waals surface area contributed by atoms with E-state index in [1.54, 1.807) is 26.2 Å². The third-order valence-corrected chi connectivity index (χ3v) is 3.74. The Bertz CT molecular complexity index is 890. The molecule has 0 fully saturated rings. The topological polar surface area (TPSA) is 69.0 Å². The van der Waals surface area contributed by atoms with Gasteiger partial charge in [-0.05, 0) is 48.4 Å². The number of aromatic nitrogens is 3. The summed E-state index contributed by atoms with van der Waals surface area (Å²) in [6.07, 6.45) is 1.51. The lowest BCUT2D eigenvalue weighted by molar-refractivity contribution is 0.0946. The Hall–Kier alpha value is -3.22. The number of hydrogen-bond donors (Lipinski definition) is 1. The summed E-state index contributed by atoms with van der Waals surface area (Å²) in [7, 11) is 1.60. The average molecular weight is 340 g/mol. The third-order valence-electron chi connectivity index (χ3n) is 3.74. The maximum Gasteiger partial charge on any atom is 0.273 e. The summed E-state index contributed by atoms with van der Waals surface area (Å²) >= 11 is 0. The monoisotopic (exact) mass is 340 g/mol. The second kappa shape index (κ2) is 7.12. The molecular weight excluding hydrogens is 323 g/mol. The van der Waals surface area contributed by atoms with Crippen LogP contribution >= 0.6 is 0 Å². The molecule has 1 aromatic heterocycles. The highest BCUT2D eigenvalue weighted by molar-refractivity contribution is 5.91. The van der Waals surface area contributed by atoms with E-state index < -0.39 is 0 Å². The van der Waals surface area contributed by atoms with Crippen molar-refractivity contribution in [2.45, 2.75) is 13.5 Å². The Balaban J connectivity index is 1.66. The largest absolute Gasteiger partial charge is 0.497 e. The zero-order valence-electron chi connectivity index (χ0n) is 13.9. The molecule has 0 bridgehead atoms. The lowest BCUT2D eigenvalue weighted by Crippen LogP contribution is -2.23. The van der Waals surface area contributed by atoms with Crippen LogP contribution in [0.1, 0.15) is 21.6 Å². The van der Waals surface area contributed by atoms with Crippen molar-refractivity contribution in [3.8, 4) is 11.4 Å². The molecule has 2 aromatic carbocycles. The summed E-state index contributed by atoms with van der Waals surface area (Å²) in [5.41, 5.74) is 2.27. The van der Waals surface area contributed by atoms with Crippen LogP contribution in [0.25, 0.3) is 5.69 Å². The van der Waals surface area contributed by atoms with Gasteiger partial charge in [-0.15, -0.1) is 5.10 Å². The van der Waals surface area contributed by atoms with E-state index in [4.69, 9.17) is 4.74 Å². The lowest BCUT2D eigenvalue weighted by Gasteiger charge is -2.04. The molecule has 1 heterocycles. The van der Waals surface area contributed by atoms with Crippen LogP contribution in [0, 0.1) is 12.7 Å². The summed E-state index contributed by atoms with van der Waals surface area (Å²) in [6, 6.07) is 12.0. The van der Waals surface area contributed by atoms with Gasteiger partial charge in [-0.3, -0.25) is 4.79 Å². The van der Waals surface area contributed by atoms with Crippen molar-refractivity contribution in [1.82, 2.24) is 20.3 Å². The maximum absolute atomic E-state index is 13.3. The van der Waals surface area contributed by atoms with Gasteiger partial charge >= 0.3 is 0 Å². The fourth-order valence-electron chi connectivity index (χ4n) is 2.28. The number of carbonyl (C=O) groups is 1. The molecule has 0 saturated carbocycles. The average Bonchev–Trinajstić information content (AvgIpc) is 3.12. The SMILES string of the molecule is COc1ccc(CNC(=O)c2cn(-c3ccc(F)c(C)c3)nn2)cc1. The van der Waals surface area contributed by atoms with Crippen LogP contribution in [0.15, 0.2) is 48.7 Å². The van der Waals surface area contributed by atoms with Crippen LogP contribution in [-0.2, 0) is 6.54 Å². The molecule has 0 unspecified atom stereocenters. The first-order valence-corrected chi connectivity index (χ1v) is 7.67. The van der Waals surface area contributed by atoms with Crippen LogP contribution < -0.4 is 10.1 Å². The molecule has 25 heavy (non-hydrogen) atoms. The molecule has 3 rings (SSSR count). The van der Waals surface area contributed by atoms with Gasteiger partial charge in [0.15, 0.2) is 5.69 Å². The van der Waals surface area contributed by atoms with Crippen LogP contribution in [0.2, 0.25) is 0 Å². The van der Waals surface area contributed by atoms with Gasteiger partial charge in [-0.25, -0.2) is 9.07 Å². The van der Waals surface area contributed by atoms with Crippen molar-refractivity contribution in [3.63, 3.8) is 0 Å². The second-order valence-electron chi connectivity index (χ2n) is 5.51. The van der Waals surface area contributed by atoms with E-state index in [1.165, 1.54) is 16.9 Å². The standard InChI is InChI=1S/C18H17FN4O2/c1-12-9-14(5-8-16(12)19)23-11-17(21-22-23)18(24)20-10-13-3-6-15(25-2)7-4-13/h3-9,11H,10H2,1-2H3,(H,20,24). The molecule has 0 radical (unpaired) electrons. The van der Waals surface area contributed by atoms with Gasteiger partial charge in [0.1, 0.15) is 11.6 Å². The van der Waals surface area contributed by atoms with Crippen molar-refractivity contribution in [3.05, 3.63) is 71.3 Å². The number of ether oxygens (including phenoxy) is 1.